The Bertz CT molecular complexity index is 1090. The topological polar surface area (TPSA) is 100 Å². The molecule has 4 aliphatic rings. The molecular weight excluding hydrogens is 480 g/mol. The van der Waals surface area contributed by atoms with Crippen LogP contribution >= 0.6 is 0 Å². The number of nitriles is 1. The summed E-state index contributed by atoms with van der Waals surface area (Å²) in [5.41, 5.74) is 0.558. The number of methoxy groups -OCH3 is 1. The highest BCUT2D eigenvalue weighted by Gasteiger charge is 2.53. The van der Waals surface area contributed by atoms with Gasteiger partial charge < -0.3 is 20.1 Å². The Morgan fingerprint density at radius 2 is 1.73 bits per heavy atom. The van der Waals surface area contributed by atoms with Crippen molar-refractivity contribution < 1.29 is 27.8 Å². The van der Waals surface area contributed by atoms with Crippen LogP contribution in [0.5, 0.6) is 11.5 Å². The van der Waals surface area contributed by atoms with E-state index in [1.807, 2.05) is 0 Å². The fourth-order valence-electron chi connectivity index (χ4n) is 6.78. The average molecular weight is 516 g/mol. The Hall–Kier alpha value is -2.89. The van der Waals surface area contributed by atoms with Crippen LogP contribution in [0, 0.1) is 35.0 Å². The van der Waals surface area contributed by atoms with Gasteiger partial charge in [-0.05, 0) is 68.8 Å². The number of nitrogens with zero attached hydrogens (tertiary/aromatic N) is 1. The summed E-state index contributed by atoms with van der Waals surface area (Å²) in [7, 11) is 1.44. The van der Waals surface area contributed by atoms with Gasteiger partial charge in [0.1, 0.15) is 17.6 Å². The molecule has 1 aromatic carbocycles. The van der Waals surface area contributed by atoms with Crippen LogP contribution in [0.1, 0.15) is 80.6 Å². The summed E-state index contributed by atoms with van der Waals surface area (Å²) in [6.45, 7) is 2.22. The maximum Gasteiger partial charge on any atom is 0.255 e. The summed E-state index contributed by atoms with van der Waals surface area (Å²) >= 11 is 0. The number of benzene rings is 1. The highest BCUT2D eigenvalue weighted by molar-refractivity contribution is 5.98. The van der Waals surface area contributed by atoms with Crippen molar-refractivity contribution in [1.82, 2.24) is 10.6 Å². The van der Waals surface area contributed by atoms with E-state index in [0.29, 0.717) is 17.2 Å². The number of hydrogen-bond donors (Lipinski definition) is 2. The highest BCUT2D eigenvalue weighted by atomic mass is 19.3. The molecule has 0 aromatic heterocycles. The zero-order valence-corrected chi connectivity index (χ0v) is 21.4. The van der Waals surface area contributed by atoms with Crippen molar-refractivity contribution in [1.29, 1.82) is 5.26 Å². The first-order valence-electron chi connectivity index (χ1n) is 13.4. The third kappa shape index (κ3) is 5.25. The van der Waals surface area contributed by atoms with E-state index >= 15 is 0 Å². The highest BCUT2D eigenvalue weighted by Crippen LogP contribution is 2.49. The van der Waals surface area contributed by atoms with Crippen LogP contribution in [0.3, 0.4) is 0 Å². The molecule has 37 heavy (non-hydrogen) atoms. The van der Waals surface area contributed by atoms with Gasteiger partial charge in [-0.1, -0.05) is 6.92 Å². The van der Waals surface area contributed by atoms with Crippen molar-refractivity contribution in [3.8, 4) is 17.6 Å². The standard InChI is InChI=1S/C28H35F2N3O4/c1-15-3-7-20(8-4-15)37-22-11-21(23(36-2)10-18(22)14-31)26(34)33-25-17-6-5-16(9-17)24(25)27(35)32-19-12-28(29,30)13-19/h10-11,15-17,19-20,24-25H,3-9,12-13H2,1-2H3,(H,32,35)(H,33,34)/t15?,16-,17+,20?,24+,25-/m1/s1. The molecule has 0 aliphatic heterocycles. The van der Waals surface area contributed by atoms with Crippen molar-refractivity contribution in [3.63, 3.8) is 0 Å². The molecule has 0 radical (unpaired) electrons. The Labute approximate surface area is 216 Å². The van der Waals surface area contributed by atoms with Gasteiger partial charge in [-0.15, -0.1) is 0 Å². The third-order valence-electron chi connectivity index (χ3n) is 8.88. The first kappa shape index (κ1) is 25.7. The predicted octanol–water partition coefficient (Wildman–Crippen LogP) is 4.58. The van der Waals surface area contributed by atoms with Crippen molar-refractivity contribution in [2.24, 2.45) is 23.7 Å². The average Bonchev–Trinajstić information content (AvgIpc) is 3.46. The number of nitrogens with one attached hydrogen (secondary N) is 2. The normalized spacial score (nSPS) is 32.2. The quantitative estimate of drug-likeness (QED) is 0.554. The summed E-state index contributed by atoms with van der Waals surface area (Å²) < 4.78 is 38.2. The first-order chi connectivity index (χ1) is 17.7. The SMILES string of the molecule is COc1cc(C#N)c(OC2CCC(C)CC2)cc1C(=O)N[C@@H]1[C@H]2CC[C@H](C2)[C@@H]1C(=O)NC1CC(F)(F)C1. The molecule has 1 aromatic rings. The molecule has 5 rings (SSSR count). The molecule has 0 heterocycles. The van der Waals surface area contributed by atoms with Crippen LogP contribution in [-0.2, 0) is 4.79 Å². The second-order valence-corrected chi connectivity index (χ2v) is 11.5. The van der Waals surface area contributed by atoms with E-state index in [1.165, 1.54) is 13.2 Å². The number of alkyl halides is 2. The molecule has 9 heteroatoms. The number of carbonyl (C=O) groups excluding carboxylic acids is 2. The molecule has 2 bridgehead atoms. The zero-order chi connectivity index (χ0) is 26.3. The molecule has 0 spiro atoms. The van der Waals surface area contributed by atoms with Gasteiger partial charge in [0.05, 0.1) is 30.3 Å². The van der Waals surface area contributed by atoms with Crippen LogP contribution < -0.4 is 20.1 Å². The number of ether oxygens (including phenoxy) is 2. The smallest absolute Gasteiger partial charge is 0.255 e. The van der Waals surface area contributed by atoms with E-state index in [2.05, 4.69) is 23.6 Å². The number of hydrogen-bond acceptors (Lipinski definition) is 5. The van der Waals surface area contributed by atoms with Crippen molar-refractivity contribution in [2.75, 3.05) is 7.11 Å². The largest absolute Gasteiger partial charge is 0.496 e. The second-order valence-electron chi connectivity index (χ2n) is 11.5. The van der Waals surface area contributed by atoms with Gasteiger partial charge in [-0.25, -0.2) is 8.78 Å². The molecular formula is C28H35F2N3O4. The summed E-state index contributed by atoms with van der Waals surface area (Å²) in [5.74, 6) is -2.22. The van der Waals surface area contributed by atoms with Crippen LogP contribution in [-0.4, -0.2) is 43.0 Å². The Kier molecular flexibility index (Phi) is 7.03. The van der Waals surface area contributed by atoms with Gasteiger partial charge in [0, 0.05) is 31.0 Å². The summed E-state index contributed by atoms with van der Waals surface area (Å²) in [6.07, 6.45) is 5.89. The molecule has 4 saturated carbocycles. The molecule has 200 valence electrons. The van der Waals surface area contributed by atoms with E-state index in [1.54, 1.807) is 6.07 Å². The maximum atomic E-state index is 13.5. The second kappa shape index (κ2) is 10.1. The third-order valence-corrected chi connectivity index (χ3v) is 8.88. The molecule has 4 atom stereocenters. The molecule has 0 unspecified atom stereocenters. The van der Waals surface area contributed by atoms with Crippen LogP contribution in [0.15, 0.2) is 12.1 Å². The molecule has 4 aliphatic carbocycles. The fourth-order valence-corrected chi connectivity index (χ4v) is 6.78. The van der Waals surface area contributed by atoms with Crippen LogP contribution in [0.4, 0.5) is 8.78 Å². The van der Waals surface area contributed by atoms with E-state index in [0.717, 1.165) is 44.9 Å². The minimum Gasteiger partial charge on any atom is -0.496 e. The van der Waals surface area contributed by atoms with E-state index in [9.17, 15) is 23.6 Å². The van der Waals surface area contributed by atoms with Crippen molar-refractivity contribution in [3.05, 3.63) is 23.3 Å². The van der Waals surface area contributed by atoms with E-state index < -0.39 is 23.8 Å². The van der Waals surface area contributed by atoms with E-state index in [4.69, 9.17) is 9.47 Å². The van der Waals surface area contributed by atoms with Gasteiger partial charge in [0.2, 0.25) is 5.91 Å². The number of fused-ring (bicyclic) bond motifs is 2. The van der Waals surface area contributed by atoms with Gasteiger partial charge in [0.25, 0.3) is 11.8 Å². The minimum atomic E-state index is -2.71. The predicted molar refractivity (Wildman–Crippen MR) is 131 cm³/mol. The molecule has 0 saturated heterocycles. The summed E-state index contributed by atoms with van der Waals surface area (Å²) in [5, 5.41) is 15.5. The van der Waals surface area contributed by atoms with Gasteiger partial charge in [-0.3, -0.25) is 9.59 Å². The first-order valence-corrected chi connectivity index (χ1v) is 13.4. The van der Waals surface area contributed by atoms with Crippen LogP contribution in [0.25, 0.3) is 0 Å². The summed E-state index contributed by atoms with van der Waals surface area (Å²) in [4.78, 5) is 26.6. The van der Waals surface area contributed by atoms with Gasteiger partial charge in [-0.2, -0.15) is 5.26 Å². The van der Waals surface area contributed by atoms with E-state index in [-0.39, 0.29) is 54.0 Å². The lowest BCUT2D eigenvalue weighted by Crippen LogP contribution is -2.56. The van der Waals surface area contributed by atoms with Crippen molar-refractivity contribution >= 4 is 11.8 Å². The monoisotopic (exact) mass is 515 g/mol. The lowest BCUT2D eigenvalue weighted by molar-refractivity contribution is -0.134. The molecule has 2 amide bonds. The lowest BCUT2D eigenvalue weighted by Gasteiger charge is -2.38. The van der Waals surface area contributed by atoms with Gasteiger partial charge in [0.15, 0.2) is 0 Å². The Balaban J connectivity index is 1.32. The van der Waals surface area contributed by atoms with Gasteiger partial charge >= 0.3 is 0 Å². The number of halogens is 2. The number of carbonyl (C=O) groups is 2. The fraction of sp³-hybridized carbons (Fsp3) is 0.679. The minimum absolute atomic E-state index is 0.00914. The molecule has 2 N–H and O–H groups in total. The molecule has 4 fully saturated rings. The van der Waals surface area contributed by atoms with Crippen molar-refractivity contribution in [2.45, 2.75) is 88.8 Å². The molecule has 7 nitrogen and oxygen atoms in total. The lowest BCUT2D eigenvalue weighted by atomic mass is 9.82. The Morgan fingerprint density at radius 1 is 1.03 bits per heavy atom. The van der Waals surface area contributed by atoms with Crippen LogP contribution in [0.2, 0.25) is 0 Å². The summed E-state index contributed by atoms with van der Waals surface area (Å²) in [6, 6.07) is 4.35. The number of amides is 2. The maximum absolute atomic E-state index is 13.5. The zero-order valence-electron chi connectivity index (χ0n) is 21.4. The Morgan fingerprint density at radius 3 is 2.38 bits per heavy atom. The number of rotatable bonds is 7.